The van der Waals surface area contributed by atoms with Gasteiger partial charge in [-0.2, -0.15) is 0 Å². The van der Waals surface area contributed by atoms with Crippen LogP contribution in [-0.4, -0.2) is 5.91 Å². The molecule has 0 aliphatic rings. The Morgan fingerprint density at radius 3 is 2.43 bits per heavy atom. The third kappa shape index (κ3) is 3.70. The Kier molecular flexibility index (Phi) is 4.76. The minimum Gasteiger partial charge on any atom is -0.348 e. The Hall–Kier alpha value is -2.13. The standard InChI is InChI=1S/C18H22N2O/c1-12-9-10-13(2)16(11-12)14(3)20-18(21)17(19)15-7-5-4-6-8-15/h4-11,14,17H,19H2,1-3H3,(H,20,21)/t14?,17-/m0/s1. The number of amides is 1. The Bertz CT molecular complexity index is 622. The second kappa shape index (κ2) is 6.55. The fraction of sp³-hybridized carbons (Fsp3) is 0.278. The van der Waals surface area contributed by atoms with Gasteiger partial charge in [0.15, 0.2) is 0 Å². The van der Waals surface area contributed by atoms with E-state index in [1.807, 2.05) is 44.2 Å². The molecule has 21 heavy (non-hydrogen) atoms. The number of carbonyl (C=O) groups is 1. The van der Waals surface area contributed by atoms with Crippen molar-refractivity contribution in [3.63, 3.8) is 0 Å². The lowest BCUT2D eigenvalue weighted by molar-refractivity contribution is -0.123. The highest BCUT2D eigenvalue weighted by atomic mass is 16.2. The number of nitrogens with two attached hydrogens (primary N) is 1. The molecule has 110 valence electrons. The van der Waals surface area contributed by atoms with Crippen molar-refractivity contribution < 1.29 is 4.79 Å². The van der Waals surface area contributed by atoms with Crippen molar-refractivity contribution in [2.75, 3.05) is 0 Å². The molecule has 0 heterocycles. The fourth-order valence-corrected chi connectivity index (χ4v) is 2.42. The molecule has 2 rings (SSSR count). The van der Waals surface area contributed by atoms with Gasteiger partial charge in [0.25, 0.3) is 0 Å². The molecule has 1 amide bonds. The van der Waals surface area contributed by atoms with Crippen molar-refractivity contribution in [1.82, 2.24) is 5.32 Å². The molecule has 0 saturated heterocycles. The molecular weight excluding hydrogens is 260 g/mol. The third-order valence-corrected chi connectivity index (χ3v) is 3.70. The summed E-state index contributed by atoms with van der Waals surface area (Å²) in [6, 6.07) is 15.0. The van der Waals surface area contributed by atoms with Gasteiger partial charge < -0.3 is 11.1 Å². The van der Waals surface area contributed by atoms with Gasteiger partial charge in [0.1, 0.15) is 6.04 Å². The molecule has 2 atom stereocenters. The number of aryl methyl sites for hydroxylation is 2. The Morgan fingerprint density at radius 2 is 1.76 bits per heavy atom. The molecule has 0 aliphatic carbocycles. The van der Waals surface area contributed by atoms with Gasteiger partial charge >= 0.3 is 0 Å². The first-order valence-corrected chi connectivity index (χ1v) is 7.17. The van der Waals surface area contributed by atoms with E-state index in [2.05, 4.69) is 30.4 Å². The van der Waals surface area contributed by atoms with Crippen molar-refractivity contribution >= 4 is 5.91 Å². The third-order valence-electron chi connectivity index (χ3n) is 3.70. The second-order valence-corrected chi connectivity index (χ2v) is 5.48. The number of hydrogen-bond acceptors (Lipinski definition) is 2. The molecule has 0 bridgehead atoms. The summed E-state index contributed by atoms with van der Waals surface area (Å²) >= 11 is 0. The van der Waals surface area contributed by atoms with Crippen LogP contribution in [0.4, 0.5) is 0 Å². The monoisotopic (exact) mass is 282 g/mol. The highest BCUT2D eigenvalue weighted by molar-refractivity contribution is 5.83. The Morgan fingerprint density at radius 1 is 1.10 bits per heavy atom. The van der Waals surface area contributed by atoms with Crippen LogP contribution in [0.3, 0.4) is 0 Å². The van der Waals surface area contributed by atoms with Crippen LogP contribution in [0.2, 0.25) is 0 Å². The van der Waals surface area contributed by atoms with Gasteiger partial charge in [-0.3, -0.25) is 4.79 Å². The summed E-state index contributed by atoms with van der Waals surface area (Å²) in [7, 11) is 0. The second-order valence-electron chi connectivity index (χ2n) is 5.48. The van der Waals surface area contributed by atoms with Crippen LogP contribution in [0.25, 0.3) is 0 Å². The van der Waals surface area contributed by atoms with Gasteiger partial charge in [0.05, 0.1) is 6.04 Å². The average Bonchev–Trinajstić information content (AvgIpc) is 2.49. The molecule has 3 nitrogen and oxygen atoms in total. The largest absolute Gasteiger partial charge is 0.348 e. The lowest BCUT2D eigenvalue weighted by Gasteiger charge is -2.20. The van der Waals surface area contributed by atoms with E-state index in [0.29, 0.717) is 0 Å². The van der Waals surface area contributed by atoms with Crippen LogP contribution >= 0.6 is 0 Å². The lowest BCUT2D eigenvalue weighted by Crippen LogP contribution is -2.35. The molecule has 0 radical (unpaired) electrons. The minimum atomic E-state index is -0.640. The highest BCUT2D eigenvalue weighted by Gasteiger charge is 2.18. The summed E-state index contributed by atoms with van der Waals surface area (Å²) in [4.78, 5) is 12.3. The molecule has 2 aromatic rings. The summed E-state index contributed by atoms with van der Waals surface area (Å²) in [5.41, 5.74) is 10.3. The van der Waals surface area contributed by atoms with Crippen LogP contribution < -0.4 is 11.1 Å². The highest BCUT2D eigenvalue weighted by Crippen LogP contribution is 2.20. The van der Waals surface area contributed by atoms with Crippen LogP contribution in [0.5, 0.6) is 0 Å². The van der Waals surface area contributed by atoms with Gasteiger partial charge in [-0.05, 0) is 37.5 Å². The van der Waals surface area contributed by atoms with Crippen molar-refractivity contribution in [3.05, 3.63) is 70.8 Å². The molecule has 2 aromatic carbocycles. The summed E-state index contributed by atoms with van der Waals surface area (Å²) in [5, 5.41) is 3.00. The first kappa shape index (κ1) is 15.3. The predicted octanol–water partition coefficient (Wildman–Crippen LogP) is 3.18. The van der Waals surface area contributed by atoms with E-state index in [-0.39, 0.29) is 11.9 Å². The van der Waals surface area contributed by atoms with E-state index < -0.39 is 6.04 Å². The zero-order chi connectivity index (χ0) is 15.4. The zero-order valence-corrected chi connectivity index (χ0v) is 12.8. The molecule has 0 saturated carbocycles. The average molecular weight is 282 g/mol. The molecule has 3 heteroatoms. The van der Waals surface area contributed by atoms with E-state index >= 15 is 0 Å². The van der Waals surface area contributed by atoms with E-state index in [1.165, 1.54) is 11.1 Å². The maximum atomic E-state index is 12.3. The summed E-state index contributed by atoms with van der Waals surface area (Å²) in [6.45, 7) is 6.08. The van der Waals surface area contributed by atoms with Gasteiger partial charge in [0.2, 0.25) is 5.91 Å². The molecular formula is C18H22N2O. The maximum absolute atomic E-state index is 12.3. The molecule has 1 unspecified atom stereocenters. The van der Waals surface area contributed by atoms with Crippen molar-refractivity contribution in [3.8, 4) is 0 Å². The van der Waals surface area contributed by atoms with Gasteiger partial charge in [0, 0.05) is 0 Å². The minimum absolute atomic E-state index is 0.0628. The van der Waals surface area contributed by atoms with E-state index in [9.17, 15) is 4.79 Å². The predicted molar refractivity (Wildman–Crippen MR) is 85.8 cm³/mol. The SMILES string of the molecule is Cc1ccc(C)c(C(C)NC(=O)[C@@H](N)c2ccccc2)c1. The fourth-order valence-electron chi connectivity index (χ4n) is 2.42. The van der Waals surface area contributed by atoms with Crippen LogP contribution in [0.15, 0.2) is 48.5 Å². The first-order chi connectivity index (χ1) is 9.99. The summed E-state index contributed by atoms with van der Waals surface area (Å²) in [5.74, 6) is -0.158. The smallest absolute Gasteiger partial charge is 0.241 e. The summed E-state index contributed by atoms with van der Waals surface area (Å²) < 4.78 is 0. The lowest BCUT2D eigenvalue weighted by atomic mass is 9.99. The molecule has 0 spiro atoms. The molecule has 0 aliphatic heterocycles. The van der Waals surface area contributed by atoms with Gasteiger partial charge in [-0.25, -0.2) is 0 Å². The van der Waals surface area contributed by atoms with Crippen molar-refractivity contribution in [2.24, 2.45) is 5.73 Å². The Labute approximate surface area is 126 Å². The zero-order valence-electron chi connectivity index (χ0n) is 12.8. The molecule has 0 fully saturated rings. The summed E-state index contributed by atoms with van der Waals surface area (Å²) in [6.07, 6.45) is 0. The number of rotatable bonds is 4. The number of hydrogen-bond donors (Lipinski definition) is 2. The van der Waals surface area contributed by atoms with E-state index in [0.717, 1.165) is 11.1 Å². The number of benzene rings is 2. The number of carbonyl (C=O) groups excluding carboxylic acids is 1. The van der Waals surface area contributed by atoms with Gasteiger partial charge in [-0.1, -0.05) is 54.1 Å². The van der Waals surface area contributed by atoms with Crippen molar-refractivity contribution in [2.45, 2.75) is 32.9 Å². The first-order valence-electron chi connectivity index (χ1n) is 7.17. The van der Waals surface area contributed by atoms with Crippen LogP contribution in [-0.2, 0) is 4.79 Å². The molecule has 3 N–H and O–H groups in total. The number of nitrogens with one attached hydrogen (secondary N) is 1. The quantitative estimate of drug-likeness (QED) is 0.905. The Balaban J connectivity index is 2.10. The normalized spacial score (nSPS) is 13.5. The van der Waals surface area contributed by atoms with Crippen LogP contribution in [0, 0.1) is 13.8 Å². The van der Waals surface area contributed by atoms with E-state index in [1.54, 1.807) is 0 Å². The van der Waals surface area contributed by atoms with Gasteiger partial charge in [-0.15, -0.1) is 0 Å². The maximum Gasteiger partial charge on any atom is 0.241 e. The topological polar surface area (TPSA) is 55.1 Å². The molecule has 0 aromatic heterocycles. The van der Waals surface area contributed by atoms with Crippen LogP contribution in [0.1, 0.15) is 41.3 Å². The van der Waals surface area contributed by atoms with E-state index in [4.69, 9.17) is 5.73 Å². The van der Waals surface area contributed by atoms with Crippen molar-refractivity contribution in [1.29, 1.82) is 0 Å².